The van der Waals surface area contributed by atoms with Crippen LogP contribution in [0.5, 0.6) is 5.75 Å². The Balaban J connectivity index is 2.35. The van der Waals surface area contributed by atoms with Crippen LogP contribution in [-0.4, -0.2) is 34.0 Å². The molecule has 0 unspecified atom stereocenters. The standard InChI is InChI=1S/C21H21N3O4S/c1-3-14-23-29(26,27)20-8-5-7-17(16-20)21(25)24(15-6-13-22)18-9-11-19(12-10-18)28-4-2/h1,5,7-12,16,23H,4,6,14-15H2,2H3. The summed E-state index contributed by atoms with van der Waals surface area (Å²) in [6.07, 6.45) is 5.22. The Morgan fingerprint density at radius 1 is 1.24 bits per heavy atom. The smallest absolute Gasteiger partial charge is 0.258 e. The Morgan fingerprint density at radius 2 is 1.97 bits per heavy atom. The van der Waals surface area contributed by atoms with Crippen LogP contribution < -0.4 is 14.4 Å². The number of rotatable bonds is 9. The minimum atomic E-state index is -3.83. The zero-order valence-electron chi connectivity index (χ0n) is 16.0. The molecule has 0 aliphatic heterocycles. The van der Waals surface area contributed by atoms with E-state index in [1.54, 1.807) is 24.3 Å². The summed E-state index contributed by atoms with van der Waals surface area (Å²) in [6, 6.07) is 14.6. The molecule has 0 radical (unpaired) electrons. The van der Waals surface area contributed by atoms with Gasteiger partial charge < -0.3 is 9.64 Å². The van der Waals surface area contributed by atoms with Crippen molar-refractivity contribution >= 4 is 21.6 Å². The highest BCUT2D eigenvalue weighted by Gasteiger charge is 2.20. The van der Waals surface area contributed by atoms with E-state index in [1.807, 2.05) is 13.0 Å². The number of benzene rings is 2. The summed E-state index contributed by atoms with van der Waals surface area (Å²) in [4.78, 5) is 14.5. The van der Waals surface area contributed by atoms with Crippen molar-refractivity contribution in [3.8, 4) is 24.2 Å². The van der Waals surface area contributed by atoms with Gasteiger partial charge in [-0.15, -0.1) is 6.42 Å². The van der Waals surface area contributed by atoms with E-state index in [-0.39, 0.29) is 30.0 Å². The van der Waals surface area contributed by atoms with Gasteiger partial charge in [0.05, 0.1) is 30.5 Å². The van der Waals surface area contributed by atoms with Crippen molar-refractivity contribution in [1.82, 2.24) is 4.72 Å². The molecular weight excluding hydrogens is 390 g/mol. The third-order valence-electron chi connectivity index (χ3n) is 3.91. The maximum Gasteiger partial charge on any atom is 0.258 e. The number of carbonyl (C=O) groups excluding carboxylic acids is 1. The lowest BCUT2D eigenvalue weighted by molar-refractivity contribution is 0.0987. The third-order valence-corrected chi connectivity index (χ3v) is 5.31. The second-order valence-corrected chi connectivity index (χ2v) is 7.62. The number of hydrogen-bond donors (Lipinski definition) is 1. The van der Waals surface area contributed by atoms with E-state index in [1.165, 1.54) is 29.2 Å². The molecule has 1 N–H and O–H groups in total. The monoisotopic (exact) mass is 411 g/mol. The van der Waals surface area contributed by atoms with E-state index in [9.17, 15) is 13.2 Å². The zero-order valence-corrected chi connectivity index (χ0v) is 16.8. The van der Waals surface area contributed by atoms with E-state index >= 15 is 0 Å². The average molecular weight is 411 g/mol. The first-order valence-corrected chi connectivity index (χ1v) is 10.4. The van der Waals surface area contributed by atoms with Crippen LogP contribution in [0.4, 0.5) is 5.69 Å². The van der Waals surface area contributed by atoms with E-state index in [0.717, 1.165) is 0 Å². The molecule has 0 bridgehead atoms. The molecule has 0 spiro atoms. The number of nitriles is 1. The van der Waals surface area contributed by atoms with Crippen LogP contribution in [0.1, 0.15) is 23.7 Å². The van der Waals surface area contributed by atoms with Gasteiger partial charge in [0.2, 0.25) is 10.0 Å². The van der Waals surface area contributed by atoms with Crippen LogP contribution in [0.15, 0.2) is 53.4 Å². The Hall–Kier alpha value is -3.33. The van der Waals surface area contributed by atoms with Gasteiger partial charge in [0, 0.05) is 17.8 Å². The van der Waals surface area contributed by atoms with Gasteiger partial charge in [-0.2, -0.15) is 9.98 Å². The molecule has 0 aliphatic carbocycles. The molecule has 0 aliphatic rings. The Labute approximate surface area is 171 Å². The molecule has 2 aromatic rings. The average Bonchev–Trinajstić information content (AvgIpc) is 2.74. The molecule has 8 heteroatoms. The van der Waals surface area contributed by atoms with Crippen molar-refractivity contribution in [2.24, 2.45) is 0 Å². The number of sulfonamides is 1. The van der Waals surface area contributed by atoms with Crippen molar-refractivity contribution in [2.45, 2.75) is 18.2 Å². The fourth-order valence-corrected chi connectivity index (χ4v) is 3.55. The van der Waals surface area contributed by atoms with Crippen LogP contribution in [0.3, 0.4) is 0 Å². The second kappa shape index (κ2) is 10.3. The van der Waals surface area contributed by atoms with Gasteiger partial charge in [-0.05, 0) is 49.4 Å². The van der Waals surface area contributed by atoms with Crippen molar-refractivity contribution in [1.29, 1.82) is 5.26 Å². The molecule has 0 heterocycles. The minimum Gasteiger partial charge on any atom is -0.494 e. The maximum atomic E-state index is 13.1. The first-order chi connectivity index (χ1) is 13.9. The number of carbonyl (C=O) groups is 1. The summed E-state index contributed by atoms with van der Waals surface area (Å²) in [7, 11) is -3.83. The van der Waals surface area contributed by atoms with E-state index in [4.69, 9.17) is 16.4 Å². The number of hydrogen-bond acceptors (Lipinski definition) is 5. The molecule has 2 aromatic carbocycles. The lowest BCUT2D eigenvalue weighted by atomic mass is 10.1. The third kappa shape index (κ3) is 5.82. The fourth-order valence-electron chi connectivity index (χ4n) is 2.57. The highest BCUT2D eigenvalue weighted by Crippen LogP contribution is 2.22. The Morgan fingerprint density at radius 3 is 2.59 bits per heavy atom. The topological polar surface area (TPSA) is 99.5 Å². The summed E-state index contributed by atoms with van der Waals surface area (Å²) in [5, 5.41) is 8.95. The van der Waals surface area contributed by atoms with Crippen molar-refractivity contribution in [3.63, 3.8) is 0 Å². The van der Waals surface area contributed by atoms with E-state index < -0.39 is 15.9 Å². The highest BCUT2D eigenvalue weighted by molar-refractivity contribution is 7.89. The quantitative estimate of drug-likeness (QED) is 0.639. The molecule has 29 heavy (non-hydrogen) atoms. The van der Waals surface area contributed by atoms with E-state index in [0.29, 0.717) is 18.0 Å². The molecule has 0 fully saturated rings. The molecule has 0 saturated carbocycles. The fraction of sp³-hybridized carbons (Fsp3) is 0.238. The van der Waals surface area contributed by atoms with Crippen molar-refractivity contribution < 1.29 is 17.9 Å². The van der Waals surface area contributed by atoms with Crippen LogP contribution in [0.2, 0.25) is 0 Å². The van der Waals surface area contributed by atoms with Gasteiger partial charge in [-0.25, -0.2) is 8.42 Å². The lowest BCUT2D eigenvalue weighted by Gasteiger charge is -2.22. The molecule has 150 valence electrons. The molecule has 0 atom stereocenters. The van der Waals surface area contributed by atoms with Gasteiger partial charge in [0.1, 0.15) is 5.75 Å². The number of nitrogens with zero attached hydrogens (tertiary/aromatic N) is 2. The molecule has 7 nitrogen and oxygen atoms in total. The van der Waals surface area contributed by atoms with Crippen LogP contribution in [-0.2, 0) is 10.0 Å². The number of amides is 1. The van der Waals surface area contributed by atoms with Gasteiger partial charge in [0.25, 0.3) is 5.91 Å². The summed E-state index contributed by atoms with van der Waals surface area (Å²) < 4.78 is 32.2. The van der Waals surface area contributed by atoms with Gasteiger partial charge in [0.15, 0.2) is 0 Å². The van der Waals surface area contributed by atoms with Crippen LogP contribution >= 0.6 is 0 Å². The highest BCUT2D eigenvalue weighted by atomic mass is 32.2. The predicted molar refractivity (Wildman–Crippen MR) is 110 cm³/mol. The van der Waals surface area contributed by atoms with Crippen LogP contribution in [0.25, 0.3) is 0 Å². The Kier molecular flexibility index (Phi) is 7.79. The van der Waals surface area contributed by atoms with Gasteiger partial charge >= 0.3 is 0 Å². The summed E-state index contributed by atoms with van der Waals surface area (Å²) >= 11 is 0. The lowest BCUT2D eigenvalue weighted by Crippen LogP contribution is -2.32. The zero-order chi connectivity index (χ0) is 21.3. The van der Waals surface area contributed by atoms with Crippen molar-refractivity contribution in [2.75, 3.05) is 24.6 Å². The normalized spacial score (nSPS) is 10.6. The SMILES string of the molecule is C#CCNS(=O)(=O)c1cccc(C(=O)N(CCC#N)c2ccc(OCC)cc2)c1. The number of anilines is 1. The second-order valence-electron chi connectivity index (χ2n) is 5.85. The molecule has 1 amide bonds. The maximum absolute atomic E-state index is 13.1. The van der Waals surface area contributed by atoms with Gasteiger partial charge in [-0.1, -0.05) is 12.0 Å². The molecule has 2 rings (SSSR count). The predicted octanol–water partition coefficient (Wildman–Crippen LogP) is 2.56. The molecular formula is C21H21N3O4S. The number of nitrogens with one attached hydrogen (secondary N) is 1. The molecule has 0 aromatic heterocycles. The first kappa shape index (κ1) is 22.0. The Bertz CT molecular complexity index is 1030. The number of terminal acetylenes is 1. The number of ether oxygens (including phenoxy) is 1. The first-order valence-electron chi connectivity index (χ1n) is 8.87. The summed E-state index contributed by atoms with van der Waals surface area (Å²) in [5.74, 6) is 2.45. The summed E-state index contributed by atoms with van der Waals surface area (Å²) in [6.45, 7) is 2.40. The summed E-state index contributed by atoms with van der Waals surface area (Å²) in [5.41, 5.74) is 0.757. The van der Waals surface area contributed by atoms with Gasteiger partial charge in [-0.3, -0.25) is 4.79 Å². The largest absolute Gasteiger partial charge is 0.494 e. The van der Waals surface area contributed by atoms with Crippen LogP contribution in [0, 0.1) is 23.7 Å². The van der Waals surface area contributed by atoms with Crippen molar-refractivity contribution in [3.05, 3.63) is 54.1 Å². The minimum absolute atomic E-state index is 0.0643. The molecule has 0 saturated heterocycles. The van der Waals surface area contributed by atoms with E-state index in [2.05, 4.69) is 10.6 Å².